The zero-order chi connectivity index (χ0) is 24.3. The smallest absolute Gasteiger partial charge is 0.278 e. The molecule has 0 atom stereocenters. The molecule has 200 valence electrons. The predicted octanol–water partition coefficient (Wildman–Crippen LogP) is 9.17. The van der Waals surface area contributed by atoms with E-state index in [1.54, 1.807) is 0 Å². The summed E-state index contributed by atoms with van der Waals surface area (Å²) in [5, 5.41) is -0.674. The fraction of sp³-hybridized carbons (Fsp3) is 0.923. The molecule has 0 radical (unpaired) electrons. The summed E-state index contributed by atoms with van der Waals surface area (Å²) >= 11 is 7.18. The van der Waals surface area contributed by atoms with Crippen molar-refractivity contribution in [3.8, 4) is 0 Å². The number of nitrogens with two attached hydrogens (primary N) is 1. The van der Waals surface area contributed by atoms with Crippen molar-refractivity contribution in [3.63, 3.8) is 0 Å². The average molecular weight is 547 g/mol. The van der Waals surface area contributed by atoms with E-state index in [-0.39, 0.29) is 22.3 Å². The second-order valence-electron chi connectivity index (χ2n) is 8.97. The fourth-order valence-corrected chi connectivity index (χ4v) is 4.08. The van der Waals surface area contributed by atoms with Crippen molar-refractivity contribution in [1.29, 1.82) is 0 Å². The molecule has 0 aromatic carbocycles. The first-order chi connectivity index (χ1) is 15.5. The van der Waals surface area contributed by atoms with Crippen molar-refractivity contribution in [2.75, 3.05) is 13.1 Å². The monoisotopic (exact) mass is 546 g/mol. The van der Waals surface area contributed by atoms with Gasteiger partial charge in [-0.3, -0.25) is 9.59 Å². The molecule has 33 heavy (non-hydrogen) atoms. The van der Waals surface area contributed by atoms with Crippen molar-refractivity contribution in [1.82, 2.24) is 4.90 Å². The van der Waals surface area contributed by atoms with Gasteiger partial charge in [0, 0.05) is 30.2 Å². The van der Waals surface area contributed by atoms with Gasteiger partial charge in [0.15, 0.2) is 0 Å². The number of carbonyl (C=O) groups excluding carboxylic acids is 2. The van der Waals surface area contributed by atoms with E-state index in [2.05, 4.69) is 44.8 Å². The van der Waals surface area contributed by atoms with Crippen LogP contribution in [0, 0.1) is 0 Å². The molecule has 0 bridgehead atoms. The largest absolute Gasteiger partial charge is 0.361 e. The zero-order valence-corrected chi connectivity index (χ0v) is 24.5. The summed E-state index contributed by atoms with van der Waals surface area (Å²) in [5.74, 6) is 0. The van der Waals surface area contributed by atoms with Crippen LogP contribution in [-0.4, -0.2) is 28.5 Å². The Kier molecular flexibility index (Phi) is 36.7. The Labute approximate surface area is 227 Å². The third kappa shape index (κ3) is 36.9. The van der Waals surface area contributed by atoms with Gasteiger partial charge in [0.2, 0.25) is 0 Å². The second kappa shape index (κ2) is 32.2. The standard InChI is InChI=1S/C25H51NOS.CH3NOS.Fe/c1-3-5-7-9-11-13-15-17-19-21-23-26(25(27)28)24-22-20-18-16-14-12-10-8-6-4-2;2-1(3)4;/h3-24H2,1-2H3,(H,27,28);(H3,2,3,4);. The molecule has 0 saturated heterocycles. The maximum absolute atomic E-state index is 11.7. The molecule has 2 amide bonds. The molecule has 0 saturated carbocycles. The van der Waals surface area contributed by atoms with Crippen LogP contribution in [0.15, 0.2) is 0 Å². The Balaban J connectivity index is -0.00000165. The van der Waals surface area contributed by atoms with E-state index in [0.717, 1.165) is 25.9 Å². The minimum absolute atomic E-state index is 0. The summed E-state index contributed by atoms with van der Waals surface area (Å²) in [5.41, 5.74) is 4.34. The van der Waals surface area contributed by atoms with Crippen molar-refractivity contribution in [2.24, 2.45) is 5.73 Å². The normalized spacial score (nSPS) is 10.2. The number of thiol groups is 2. The quantitative estimate of drug-likeness (QED) is 0.0720. The van der Waals surface area contributed by atoms with Crippen LogP contribution in [0.4, 0.5) is 9.59 Å². The molecule has 0 aliphatic rings. The first kappa shape index (κ1) is 37.7. The molecular formula is C26H54FeN2O2S2. The van der Waals surface area contributed by atoms with Gasteiger partial charge in [0.25, 0.3) is 10.5 Å². The molecule has 0 aromatic rings. The van der Waals surface area contributed by atoms with E-state index in [4.69, 9.17) is 4.79 Å². The van der Waals surface area contributed by atoms with Crippen molar-refractivity contribution < 1.29 is 26.7 Å². The molecule has 7 heteroatoms. The van der Waals surface area contributed by atoms with E-state index in [1.165, 1.54) is 116 Å². The number of carbonyl (C=O) groups is 2. The number of nitrogens with zero attached hydrogens (tertiary/aromatic N) is 1. The first-order valence-corrected chi connectivity index (χ1v) is 14.3. The number of primary amides is 1. The third-order valence-electron chi connectivity index (χ3n) is 5.83. The van der Waals surface area contributed by atoms with Gasteiger partial charge in [-0.25, -0.2) is 0 Å². The SMILES string of the molecule is CCCCCCCCCCCCN(CCCCCCCCCCCC)C(=O)S.NC(=O)S.[Fe]. The van der Waals surface area contributed by atoms with E-state index in [9.17, 15) is 4.79 Å². The molecular weight excluding hydrogens is 492 g/mol. The van der Waals surface area contributed by atoms with Gasteiger partial charge in [-0.1, -0.05) is 155 Å². The number of rotatable bonds is 22. The molecule has 0 spiro atoms. The molecule has 0 unspecified atom stereocenters. The minimum atomic E-state index is -0.639. The Morgan fingerprint density at radius 1 is 0.545 bits per heavy atom. The van der Waals surface area contributed by atoms with Crippen LogP contribution >= 0.6 is 25.3 Å². The summed E-state index contributed by atoms with van der Waals surface area (Å²) in [6, 6.07) is 0. The molecule has 2 N–H and O–H groups in total. The van der Waals surface area contributed by atoms with Gasteiger partial charge in [0.05, 0.1) is 0 Å². The van der Waals surface area contributed by atoms with Gasteiger partial charge in [-0.05, 0) is 12.8 Å². The zero-order valence-electron chi connectivity index (χ0n) is 21.6. The second-order valence-corrected chi connectivity index (χ2v) is 9.80. The Morgan fingerprint density at radius 3 is 0.970 bits per heavy atom. The number of hydrogen-bond donors (Lipinski definition) is 3. The van der Waals surface area contributed by atoms with E-state index in [0.29, 0.717) is 0 Å². The molecule has 0 aliphatic carbocycles. The molecule has 0 aliphatic heterocycles. The summed E-state index contributed by atoms with van der Waals surface area (Å²) in [7, 11) is 0. The van der Waals surface area contributed by atoms with Crippen LogP contribution in [0.1, 0.15) is 142 Å². The van der Waals surface area contributed by atoms with Crippen molar-refractivity contribution in [2.45, 2.75) is 142 Å². The van der Waals surface area contributed by atoms with Crippen LogP contribution < -0.4 is 5.73 Å². The fourth-order valence-electron chi connectivity index (χ4n) is 3.88. The summed E-state index contributed by atoms with van der Waals surface area (Å²) < 4.78 is 0. The molecule has 0 fully saturated rings. The van der Waals surface area contributed by atoms with Crippen LogP contribution in [0.25, 0.3) is 0 Å². The topological polar surface area (TPSA) is 63.4 Å². The number of unbranched alkanes of at least 4 members (excludes halogenated alkanes) is 18. The van der Waals surface area contributed by atoms with Crippen molar-refractivity contribution >= 4 is 35.7 Å². The first-order valence-electron chi connectivity index (χ1n) is 13.4. The van der Waals surface area contributed by atoms with Gasteiger partial charge in [0.1, 0.15) is 0 Å². The molecule has 4 nitrogen and oxygen atoms in total. The van der Waals surface area contributed by atoms with E-state index < -0.39 is 5.24 Å². The average Bonchev–Trinajstić information content (AvgIpc) is 2.74. The van der Waals surface area contributed by atoms with Crippen molar-refractivity contribution in [3.05, 3.63) is 0 Å². The van der Waals surface area contributed by atoms with Gasteiger partial charge >= 0.3 is 0 Å². The predicted molar refractivity (Wildman–Crippen MR) is 148 cm³/mol. The number of amides is 2. The molecule has 0 aromatic heterocycles. The van der Waals surface area contributed by atoms with Gasteiger partial charge < -0.3 is 10.6 Å². The van der Waals surface area contributed by atoms with Crippen LogP contribution in [0.2, 0.25) is 0 Å². The van der Waals surface area contributed by atoms with E-state index >= 15 is 0 Å². The third-order valence-corrected chi connectivity index (χ3v) is 6.12. The van der Waals surface area contributed by atoms with Gasteiger partial charge in [-0.2, -0.15) is 0 Å². The van der Waals surface area contributed by atoms with Crippen LogP contribution in [-0.2, 0) is 17.1 Å². The van der Waals surface area contributed by atoms with Crippen LogP contribution in [0.5, 0.6) is 0 Å². The summed E-state index contributed by atoms with van der Waals surface area (Å²) in [6.45, 7) is 6.34. The minimum Gasteiger partial charge on any atom is -0.361 e. The Bertz CT molecular complexity index is 388. The molecule has 0 rings (SSSR count). The summed E-state index contributed by atoms with van der Waals surface area (Å²) in [4.78, 5) is 22.8. The van der Waals surface area contributed by atoms with Crippen LogP contribution in [0.3, 0.4) is 0 Å². The van der Waals surface area contributed by atoms with Gasteiger partial charge in [-0.15, -0.1) is 0 Å². The Morgan fingerprint density at radius 2 is 0.758 bits per heavy atom. The maximum atomic E-state index is 11.7. The summed E-state index contributed by atoms with van der Waals surface area (Å²) in [6.07, 6.45) is 26.8. The maximum Gasteiger partial charge on any atom is 0.278 e. The Hall–Kier alpha value is 0.159. The van der Waals surface area contributed by atoms with E-state index in [1.807, 2.05) is 4.90 Å². The number of hydrogen-bond acceptors (Lipinski definition) is 2. The molecule has 0 heterocycles.